The summed E-state index contributed by atoms with van der Waals surface area (Å²) in [7, 11) is -0.524. The summed E-state index contributed by atoms with van der Waals surface area (Å²) in [6.45, 7) is 1.92. The Bertz CT molecular complexity index is 1200. The number of sulfonamides is 1. The largest absolute Gasteiger partial charge is 0.349 e. The van der Waals surface area contributed by atoms with E-state index in [4.69, 9.17) is 0 Å². The molecule has 1 aliphatic rings. The molecule has 0 aromatic heterocycles. The zero-order valence-electron chi connectivity index (χ0n) is 17.2. The quantitative estimate of drug-likeness (QED) is 0.629. The molecule has 30 heavy (non-hydrogen) atoms. The van der Waals surface area contributed by atoms with Crippen molar-refractivity contribution in [3.8, 4) is 11.1 Å². The van der Waals surface area contributed by atoms with Crippen LogP contribution in [0.2, 0.25) is 0 Å². The highest BCUT2D eigenvalue weighted by molar-refractivity contribution is 7.92. The highest BCUT2D eigenvalue weighted by atomic mass is 32.2. The Morgan fingerprint density at radius 1 is 0.900 bits per heavy atom. The van der Waals surface area contributed by atoms with Crippen LogP contribution in [0.25, 0.3) is 11.1 Å². The summed E-state index contributed by atoms with van der Waals surface area (Å²) in [5.74, 6) is -0.127. The van der Waals surface area contributed by atoms with Crippen LogP contribution in [0.1, 0.15) is 23.6 Å². The third kappa shape index (κ3) is 3.37. The fourth-order valence-corrected chi connectivity index (χ4v) is 5.53. The molecule has 0 bridgehead atoms. The van der Waals surface area contributed by atoms with Gasteiger partial charge in [0.05, 0.1) is 23.0 Å². The first-order chi connectivity index (χ1) is 14.3. The third-order valence-electron chi connectivity index (χ3n) is 5.48. The summed E-state index contributed by atoms with van der Waals surface area (Å²) in [6.07, 6.45) is 0.0590. The minimum Gasteiger partial charge on any atom is -0.349 e. The summed E-state index contributed by atoms with van der Waals surface area (Å²) < 4.78 is 29.1. The average Bonchev–Trinajstić information content (AvgIpc) is 2.74. The molecule has 0 N–H and O–H groups in total. The van der Waals surface area contributed by atoms with Crippen molar-refractivity contribution in [3.05, 3.63) is 83.9 Å². The minimum absolute atomic E-state index is 0.0590. The summed E-state index contributed by atoms with van der Waals surface area (Å²) >= 11 is 0. The second kappa shape index (κ2) is 7.61. The van der Waals surface area contributed by atoms with Crippen molar-refractivity contribution in [2.45, 2.75) is 24.3 Å². The average molecular weight is 421 g/mol. The van der Waals surface area contributed by atoms with Gasteiger partial charge in [-0.3, -0.25) is 9.10 Å². The summed E-state index contributed by atoms with van der Waals surface area (Å²) in [5, 5.41) is 0. The van der Waals surface area contributed by atoms with Gasteiger partial charge in [0, 0.05) is 19.7 Å². The van der Waals surface area contributed by atoms with Gasteiger partial charge in [-0.1, -0.05) is 60.2 Å². The molecule has 0 aliphatic carbocycles. The highest BCUT2D eigenvalue weighted by Crippen LogP contribution is 2.48. The van der Waals surface area contributed by atoms with Crippen LogP contribution >= 0.6 is 0 Å². The molecule has 3 aromatic rings. The monoisotopic (exact) mass is 420 g/mol. The molecule has 1 aliphatic heterocycles. The molecule has 4 rings (SSSR count). The number of nitrogens with zero attached hydrogens (tertiary/aromatic N) is 2. The van der Waals surface area contributed by atoms with E-state index in [-0.39, 0.29) is 17.2 Å². The van der Waals surface area contributed by atoms with Crippen molar-refractivity contribution in [2.24, 2.45) is 0 Å². The van der Waals surface area contributed by atoms with Crippen molar-refractivity contribution in [1.29, 1.82) is 0 Å². The van der Waals surface area contributed by atoms with Gasteiger partial charge in [0.2, 0.25) is 5.91 Å². The maximum Gasteiger partial charge on any atom is 0.264 e. The van der Waals surface area contributed by atoms with Gasteiger partial charge < -0.3 is 4.90 Å². The van der Waals surface area contributed by atoms with Crippen LogP contribution < -0.4 is 4.31 Å². The van der Waals surface area contributed by atoms with Crippen LogP contribution in [-0.4, -0.2) is 33.3 Å². The summed E-state index contributed by atoms with van der Waals surface area (Å²) in [6, 6.07) is 21.4. The van der Waals surface area contributed by atoms with Gasteiger partial charge in [0.25, 0.3) is 10.0 Å². The van der Waals surface area contributed by atoms with Crippen molar-refractivity contribution < 1.29 is 13.2 Å². The van der Waals surface area contributed by atoms with E-state index in [0.29, 0.717) is 5.69 Å². The van der Waals surface area contributed by atoms with E-state index in [1.54, 1.807) is 38.4 Å². The zero-order valence-corrected chi connectivity index (χ0v) is 18.1. The van der Waals surface area contributed by atoms with Gasteiger partial charge in [0.15, 0.2) is 0 Å². The van der Waals surface area contributed by atoms with Crippen molar-refractivity contribution in [2.75, 3.05) is 18.4 Å². The van der Waals surface area contributed by atoms with E-state index in [0.717, 1.165) is 22.3 Å². The second-order valence-corrected chi connectivity index (χ2v) is 9.54. The normalized spacial score (nSPS) is 15.3. The SMILES string of the molecule is Cc1ccc(S(=O)(=O)N2c3ccccc3-c3ccccc3C2CC(=O)N(C)C)cc1. The smallest absolute Gasteiger partial charge is 0.264 e. The number of benzene rings is 3. The summed E-state index contributed by atoms with van der Waals surface area (Å²) in [4.78, 5) is 14.4. The second-order valence-electron chi connectivity index (χ2n) is 7.73. The topological polar surface area (TPSA) is 57.7 Å². The van der Waals surface area contributed by atoms with E-state index >= 15 is 0 Å². The van der Waals surface area contributed by atoms with Crippen molar-refractivity contribution in [1.82, 2.24) is 4.90 Å². The maximum atomic E-state index is 13.8. The molecule has 0 spiro atoms. The fraction of sp³-hybridized carbons (Fsp3) is 0.208. The number of hydrogen-bond donors (Lipinski definition) is 0. The Morgan fingerprint density at radius 2 is 1.50 bits per heavy atom. The molecule has 5 nitrogen and oxygen atoms in total. The molecule has 0 radical (unpaired) electrons. The maximum absolute atomic E-state index is 13.8. The number of para-hydroxylation sites is 1. The number of fused-ring (bicyclic) bond motifs is 3. The van der Waals surface area contributed by atoms with E-state index in [1.807, 2.05) is 55.5 Å². The van der Waals surface area contributed by atoms with Gasteiger partial charge in [0.1, 0.15) is 0 Å². The number of anilines is 1. The lowest BCUT2D eigenvalue weighted by Crippen LogP contribution is -2.40. The minimum atomic E-state index is -3.89. The first kappa shape index (κ1) is 20.2. The lowest BCUT2D eigenvalue weighted by atomic mass is 9.88. The lowest BCUT2D eigenvalue weighted by molar-refractivity contribution is -0.129. The molecule has 1 heterocycles. The molecule has 1 amide bonds. The number of rotatable bonds is 4. The fourth-order valence-electron chi connectivity index (χ4n) is 3.88. The van der Waals surface area contributed by atoms with E-state index in [2.05, 4.69) is 0 Å². The lowest BCUT2D eigenvalue weighted by Gasteiger charge is -2.39. The Labute approximate surface area is 177 Å². The molecule has 6 heteroatoms. The number of hydrogen-bond acceptors (Lipinski definition) is 3. The molecule has 1 atom stereocenters. The molecule has 0 saturated carbocycles. The molecular weight excluding hydrogens is 396 g/mol. The number of carbonyl (C=O) groups excluding carboxylic acids is 1. The van der Waals surface area contributed by atoms with Crippen LogP contribution in [0.15, 0.2) is 77.7 Å². The third-order valence-corrected chi connectivity index (χ3v) is 7.32. The highest BCUT2D eigenvalue weighted by Gasteiger charge is 2.40. The van der Waals surface area contributed by atoms with Crippen LogP contribution in [0.4, 0.5) is 5.69 Å². The Balaban J connectivity index is 1.96. The predicted octanol–water partition coefficient (Wildman–Crippen LogP) is 4.39. The molecular formula is C24H24N2O3S. The molecule has 0 fully saturated rings. The number of amides is 1. The van der Waals surface area contributed by atoms with E-state index < -0.39 is 16.1 Å². The van der Waals surface area contributed by atoms with Gasteiger partial charge in [-0.25, -0.2) is 8.42 Å². The van der Waals surface area contributed by atoms with E-state index in [9.17, 15) is 13.2 Å². The standard InChI is InChI=1S/C24H24N2O3S/c1-17-12-14-18(15-13-17)30(28,29)26-22-11-7-6-9-20(22)19-8-4-5-10-21(19)23(26)16-24(27)25(2)3/h4-15,23H,16H2,1-3H3. The van der Waals surface area contributed by atoms with E-state index in [1.165, 1.54) is 9.21 Å². The predicted molar refractivity (Wildman–Crippen MR) is 119 cm³/mol. The molecule has 154 valence electrons. The van der Waals surface area contributed by atoms with Gasteiger partial charge >= 0.3 is 0 Å². The first-order valence-electron chi connectivity index (χ1n) is 9.80. The van der Waals surface area contributed by atoms with Gasteiger partial charge in [-0.2, -0.15) is 0 Å². The number of aryl methyl sites for hydroxylation is 1. The van der Waals surface area contributed by atoms with Gasteiger partial charge in [-0.15, -0.1) is 0 Å². The van der Waals surface area contributed by atoms with Crippen LogP contribution in [0.5, 0.6) is 0 Å². The Kier molecular flexibility index (Phi) is 5.12. The van der Waals surface area contributed by atoms with Crippen LogP contribution in [-0.2, 0) is 14.8 Å². The van der Waals surface area contributed by atoms with Crippen molar-refractivity contribution in [3.63, 3.8) is 0 Å². The van der Waals surface area contributed by atoms with Crippen molar-refractivity contribution >= 4 is 21.6 Å². The molecule has 0 saturated heterocycles. The van der Waals surface area contributed by atoms with Gasteiger partial charge in [-0.05, 0) is 36.2 Å². The van der Waals surface area contributed by atoms with Crippen LogP contribution in [0.3, 0.4) is 0 Å². The number of carbonyl (C=O) groups is 1. The molecule has 3 aromatic carbocycles. The zero-order chi connectivity index (χ0) is 21.5. The molecule has 1 unspecified atom stereocenters. The Morgan fingerprint density at radius 3 is 2.17 bits per heavy atom. The Hall–Kier alpha value is -3.12. The van der Waals surface area contributed by atoms with Crippen LogP contribution in [0, 0.1) is 6.92 Å². The first-order valence-corrected chi connectivity index (χ1v) is 11.2. The summed E-state index contributed by atoms with van der Waals surface area (Å²) in [5.41, 5.74) is 4.21.